The number of carbonyl (C=O) groups excluding carboxylic acids is 2. The Morgan fingerprint density at radius 1 is 1.31 bits per heavy atom. The SMILES string of the molecule is O=C(N=S1(=O)CC=C(c2ccc(N3C[C@H](CNc4ccon4)OC3=O)cc2F)CC1)c1ccno1. The van der Waals surface area contributed by atoms with Crippen molar-refractivity contribution in [2.75, 3.05) is 34.8 Å². The molecule has 2 aliphatic heterocycles. The third-order valence-corrected chi connectivity index (χ3v) is 7.64. The predicted molar refractivity (Wildman–Crippen MR) is 123 cm³/mol. The average Bonchev–Trinajstić information content (AvgIpc) is 3.61. The summed E-state index contributed by atoms with van der Waals surface area (Å²) in [6.07, 6.45) is 3.63. The van der Waals surface area contributed by atoms with Crippen molar-refractivity contribution >= 4 is 38.8 Å². The molecule has 2 amide bonds. The van der Waals surface area contributed by atoms with Gasteiger partial charge in [-0.25, -0.2) is 13.4 Å². The molecular formula is C22H20FN5O6S. The van der Waals surface area contributed by atoms with Gasteiger partial charge >= 0.3 is 12.0 Å². The normalized spacial score (nSPS) is 22.0. The number of cyclic esters (lactones) is 1. The zero-order valence-electron chi connectivity index (χ0n) is 18.3. The third kappa shape index (κ3) is 4.94. The zero-order valence-corrected chi connectivity index (χ0v) is 19.1. The molecule has 1 fully saturated rings. The molecule has 5 rings (SSSR count). The van der Waals surface area contributed by atoms with E-state index in [4.69, 9.17) is 13.8 Å². The van der Waals surface area contributed by atoms with Crippen molar-refractivity contribution in [2.24, 2.45) is 4.36 Å². The first kappa shape index (κ1) is 22.8. The molecule has 0 saturated carbocycles. The molecule has 0 spiro atoms. The lowest BCUT2D eigenvalue weighted by atomic mass is 10.0. The minimum Gasteiger partial charge on any atom is -0.442 e. The van der Waals surface area contributed by atoms with Gasteiger partial charge in [-0.1, -0.05) is 16.4 Å². The van der Waals surface area contributed by atoms with Crippen LogP contribution in [0.5, 0.6) is 0 Å². The Bertz CT molecular complexity index is 1400. The summed E-state index contributed by atoms with van der Waals surface area (Å²) >= 11 is 0. The zero-order chi connectivity index (χ0) is 24.4. The number of nitrogens with one attached hydrogen (secondary N) is 1. The summed E-state index contributed by atoms with van der Waals surface area (Å²) in [5.41, 5.74) is 1.37. The van der Waals surface area contributed by atoms with E-state index in [0.717, 1.165) is 0 Å². The Morgan fingerprint density at radius 3 is 2.89 bits per heavy atom. The summed E-state index contributed by atoms with van der Waals surface area (Å²) in [6.45, 7) is 0.569. The lowest BCUT2D eigenvalue weighted by Gasteiger charge is -2.19. The number of hydrogen-bond acceptors (Lipinski definition) is 9. The molecule has 11 nitrogen and oxygen atoms in total. The molecule has 2 aromatic heterocycles. The van der Waals surface area contributed by atoms with E-state index >= 15 is 4.39 Å². The van der Waals surface area contributed by atoms with Gasteiger partial charge < -0.3 is 19.1 Å². The van der Waals surface area contributed by atoms with Gasteiger partial charge in [-0.05, 0) is 30.2 Å². The lowest BCUT2D eigenvalue weighted by molar-refractivity contribution is 0.0969. The van der Waals surface area contributed by atoms with Crippen molar-refractivity contribution in [3.63, 3.8) is 0 Å². The molecule has 0 radical (unpaired) electrons. The number of hydrogen-bond donors (Lipinski definition) is 1. The maximum absolute atomic E-state index is 15.0. The van der Waals surface area contributed by atoms with Crippen molar-refractivity contribution in [1.29, 1.82) is 0 Å². The van der Waals surface area contributed by atoms with Crippen LogP contribution in [0.3, 0.4) is 0 Å². The molecule has 0 aliphatic carbocycles. The van der Waals surface area contributed by atoms with Crippen molar-refractivity contribution in [2.45, 2.75) is 12.5 Å². The number of carbonyl (C=O) groups is 2. The monoisotopic (exact) mass is 501 g/mol. The Hall–Kier alpha value is -4.00. The van der Waals surface area contributed by atoms with Crippen LogP contribution in [0.2, 0.25) is 0 Å². The summed E-state index contributed by atoms with van der Waals surface area (Å²) in [6, 6.07) is 7.48. The first-order valence-electron chi connectivity index (χ1n) is 10.7. The van der Waals surface area contributed by atoms with Crippen LogP contribution in [0.4, 0.5) is 20.7 Å². The topological polar surface area (TPSA) is 140 Å². The molecule has 3 aromatic rings. The van der Waals surface area contributed by atoms with Crippen LogP contribution in [0.15, 0.2) is 62.3 Å². The van der Waals surface area contributed by atoms with Crippen LogP contribution in [-0.2, 0) is 14.5 Å². The Balaban J connectivity index is 1.26. The summed E-state index contributed by atoms with van der Waals surface area (Å²) in [5.74, 6) is -0.683. The molecule has 182 valence electrons. The number of anilines is 2. The molecule has 1 aromatic carbocycles. The van der Waals surface area contributed by atoms with Gasteiger partial charge in [-0.2, -0.15) is 4.36 Å². The van der Waals surface area contributed by atoms with Gasteiger partial charge in [0, 0.05) is 23.4 Å². The highest BCUT2D eigenvalue weighted by molar-refractivity contribution is 7.94. The predicted octanol–water partition coefficient (Wildman–Crippen LogP) is 3.33. The number of amides is 2. The van der Waals surface area contributed by atoms with Crippen molar-refractivity contribution in [3.05, 3.63) is 66.0 Å². The van der Waals surface area contributed by atoms with E-state index in [1.54, 1.807) is 24.3 Å². The number of benzene rings is 1. The number of rotatable bonds is 6. The Morgan fingerprint density at radius 2 is 2.20 bits per heavy atom. The second kappa shape index (κ2) is 9.33. The minimum absolute atomic E-state index is 0.0159. The number of aromatic nitrogens is 2. The van der Waals surface area contributed by atoms with E-state index in [1.807, 2.05) is 0 Å². The molecule has 13 heteroatoms. The molecule has 1 saturated heterocycles. The number of nitrogens with zero attached hydrogens (tertiary/aromatic N) is 4. The van der Waals surface area contributed by atoms with Crippen LogP contribution in [0.1, 0.15) is 22.5 Å². The van der Waals surface area contributed by atoms with Crippen LogP contribution in [-0.4, -0.2) is 57.2 Å². The Labute approximate surface area is 199 Å². The van der Waals surface area contributed by atoms with Crippen molar-refractivity contribution in [3.8, 4) is 0 Å². The molecule has 1 unspecified atom stereocenters. The molecular weight excluding hydrogens is 481 g/mol. The van der Waals surface area contributed by atoms with Gasteiger partial charge in [0.1, 0.15) is 18.2 Å². The Kier molecular flexibility index (Phi) is 6.07. The second-order valence-corrected chi connectivity index (χ2v) is 10.4. The van der Waals surface area contributed by atoms with E-state index < -0.39 is 33.7 Å². The van der Waals surface area contributed by atoms with E-state index in [0.29, 0.717) is 29.2 Å². The van der Waals surface area contributed by atoms with Crippen molar-refractivity contribution < 1.29 is 32.0 Å². The van der Waals surface area contributed by atoms with Gasteiger partial charge in [0.15, 0.2) is 5.82 Å². The van der Waals surface area contributed by atoms with Gasteiger partial charge in [-0.3, -0.25) is 9.69 Å². The molecule has 2 aliphatic rings. The summed E-state index contributed by atoms with van der Waals surface area (Å²) < 4.78 is 46.6. The first-order valence-corrected chi connectivity index (χ1v) is 12.5. The number of allylic oxidation sites excluding steroid dienone is 1. The first-order chi connectivity index (χ1) is 16.9. The number of ether oxygens (including phenoxy) is 1. The highest BCUT2D eigenvalue weighted by atomic mass is 32.2. The quantitative estimate of drug-likeness (QED) is 0.538. The lowest BCUT2D eigenvalue weighted by Crippen LogP contribution is -2.27. The van der Waals surface area contributed by atoms with Crippen molar-refractivity contribution in [1.82, 2.24) is 10.3 Å². The van der Waals surface area contributed by atoms with Crippen LogP contribution >= 0.6 is 0 Å². The van der Waals surface area contributed by atoms with Crippen LogP contribution < -0.4 is 10.2 Å². The summed E-state index contributed by atoms with van der Waals surface area (Å²) in [7, 11) is -2.82. The number of halogens is 1. The summed E-state index contributed by atoms with van der Waals surface area (Å²) in [4.78, 5) is 25.8. The van der Waals surface area contributed by atoms with Crippen LogP contribution in [0.25, 0.3) is 5.57 Å². The van der Waals surface area contributed by atoms with E-state index in [-0.39, 0.29) is 30.2 Å². The fraction of sp³-hybridized carbons (Fsp3) is 0.273. The molecule has 4 heterocycles. The van der Waals surface area contributed by atoms with Gasteiger partial charge in [0.2, 0.25) is 5.76 Å². The average molecular weight is 501 g/mol. The standard InChI is InChI=1S/C22H20FN5O6S/c23-18-11-15(28-13-16(33-22(28)30)12-24-20-4-8-32-26-20)1-2-17(18)14-5-9-35(31,10-6-14)27-21(29)19-3-7-25-34-19/h1-5,7-8,11,16H,6,9-10,12-13H2,(H,24,26)/t16-,35?/m0/s1. The molecule has 2 atom stereocenters. The van der Waals surface area contributed by atoms with E-state index in [1.165, 1.54) is 29.5 Å². The van der Waals surface area contributed by atoms with Gasteiger partial charge in [-0.15, -0.1) is 0 Å². The largest absolute Gasteiger partial charge is 0.442 e. The minimum atomic E-state index is -2.82. The fourth-order valence-corrected chi connectivity index (χ4v) is 5.55. The second-order valence-electron chi connectivity index (χ2n) is 7.94. The summed E-state index contributed by atoms with van der Waals surface area (Å²) in [5, 5.41) is 10.2. The maximum Gasteiger partial charge on any atom is 0.414 e. The maximum atomic E-state index is 15.0. The highest BCUT2D eigenvalue weighted by Crippen LogP contribution is 2.30. The molecule has 35 heavy (non-hydrogen) atoms. The van der Waals surface area contributed by atoms with Gasteiger partial charge in [0.05, 0.1) is 40.5 Å². The van der Waals surface area contributed by atoms with Gasteiger partial charge in [0.25, 0.3) is 0 Å². The smallest absolute Gasteiger partial charge is 0.414 e. The third-order valence-electron chi connectivity index (χ3n) is 5.61. The van der Waals surface area contributed by atoms with E-state index in [2.05, 4.69) is 20.0 Å². The van der Waals surface area contributed by atoms with E-state index in [9.17, 15) is 13.8 Å². The fourth-order valence-electron chi connectivity index (χ4n) is 3.83. The van der Waals surface area contributed by atoms with Crippen LogP contribution in [0, 0.1) is 5.82 Å². The molecule has 0 bridgehead atoms. The molecule has 1 N–H and O–H groups in total. The highest BCUT2D eigenvalue weighted by Gasteiger charge is 2.33.